The minimum atomic E-state index is -0.617. The number of ether oxygens (including phenoxy) is 1. The van der Waals surface area contributed by atoms with Crippen molar-refractivity contribution < 1.29 is 9.53 Å². The van der Waals surface area contributed by atoms with Gasteiger partial charge in [0.25, 0.3) is 5.91 Å². The van der Waals surface area contributed by atoms with Gasteiger partial charge in [0.2, 0.25) is 0 Å². The fraction of sp³-hybridized carbons (Fsp3) is 0.235. The molecule has 1 N–H and O–H groups in total. The molecule has 0 bridgehead atoms. The van der Waals surface area contributed by atoms with Crippen LogP contribution in [0.25, 0.3) is 0 Å². The molecule has 1 amide bonds. The third kappa shape index (κ3) is 4.15. The highest BCUT2D eigenvalue weighted by molar-refractivity contribution is 6.39. The van der Waals surface area contributed by atoms with E-state index in [4.69, 9.17) is 27.9 Å². The number of aryl methyl sites for hydroxylation is 1. The fourth-order valence-electron chi connectivity index (χ4n) is 2.00. The molecule has 0 radical (unpaired) electrons. The predicted molar refractivity (Wildman–Crippen MR) is 91.0 cm³/mol. The van der Waals surface area contributed by atoms with E-state index in [1.54, 1.807) is 18.2 Å². The number of nitrogens with one attached hydrogen (secondary N) is 1. The zero-order valence-electron chi connectivity index (χ0n) is 12.4. The lowest BCUT2D eigenvalue weighted by Gasteiger charge is -2.18. The Balaban J connectivity index is 2.12. The van der Waals surface area contributed by atoms with E-state index in [9.17, 15) is 4.79 Å². The summed E-state index contributed by atoms with van der Waals surface area (Å²) in [5.74, 6) is 0.381. The van der Waals surface area contributed by atoms with Crippen LogP contribution in [0, 0.1) is 6.92 Å². The van der Waals surface area contributed by atoms with Crippen molar-refractivity contribution in [2.45, 2.75) is 26.4 Å². The van der Waals surface area contributed by atoms with E-state index in [-0.39, 0.29) is 5.91 Å². The van der Waals surface area contributed by atoms with Crippen molar-refractivity contribution in [3.63, 3.8) is 0 Å². The Morgan fingerprint density at radius 3 is 2.41 bits per heavy atom. The van der Waals surface area contributed by atoms with E-state index >= 15 is 0 Å². The molecule has 0 spiro atoms. The molecule has 5 heteroatoms. The monoisotopic (exact) mass is 337 g/mol. The molecule has 2 aromatic carbocycles. The molecule has 0 aliphatic heterocycles. The van der Waals surface area contributed by atoms with Crippen LogP contribution >= 0.6 is 23.2 Å². The van der Waals surface area contributed by atoms with Crippen LogP contribution in [0.15, 0.2) is 42.5 Å². The van der Waals surface area contributed by atoms with Gasteiger partial charge in [0.05, 0.1) is 15.7 Å². The Kier molecular flexibility index (Phi) is 5.69. The van der Waals surface area contributed by atoms with E-state index in [1.807, 2.05) is 38.1 Å². The van der Waals surface area contributed by atoms with Crippen LogP contribution in [0.1, 0.15) is 18.9 Å². The summed E-state index contributed by atoms with van der Waals surface area (Å²) in [6.07, 6.45) is -0.0869. The third-order valence-electron chi connectivity index (χ3n) is 3.14. The molecule has 3 nitrogen and oxygen atoms in total. The Labute approximate surface area is 140 Å². The first-order valence-corrected chi connectivity index (χ1v) is 7.75. The number of hydrogen-bond donors (Lipinski definition) is 1. The molecule has 0 fully saturated rings. The van der Waals surface area contributed by atoms with Crippen LogP contribution in [0.3, 0.4) is 0 Å². The highest BCUT2D eigenvalue weighted by atomic mass is 35.5. The number of anilines is 1. The van der Waals surface area contributed by atoms with Crippen LogP contribution in [-0.2, 0) is 4.79 Å². The van der Waals surface area contributed by atoms with Gasteiger partial charge in [-0.15, -0.1) is 0 Å². The Hall–Kier alpha value is -1.71. The second kappa shape index (κ2) is 7.52. The summed E-state index contributed by atoms with van der Waals surface area (Å²) in [6.45, 7) is 3.85. The largest absolute Gasteiger partial charge is 0.481 e. The van der Waals surface area contributed by atoms with Crippen LogP contribution in [0.4, 0.5) is 5.69 Å². The van der Waals surface area contributed by atoms with Gasteiger partial charge in [-0.1, -0.05) is 48.3 Å². The zero-order chi connectivity index (χ0) is 16.1. The Morgan fingerprint density at radius 1 is 1.18 bits per heavy atom. The number of carbonyl (C=O) groups excluding carboxylic acids is 1. The summed E-state index contributed by atoms with van der Waals surface area (Å²) >= 11 is 12.1. The van der Waals surface area contributed by atoms with Crippen molar-refractivity contribution in [1.29, 1.82) is 0 Å². The molecular weight excluding hydrogens is 321 g/mol. The lowest BCUT2D eigenvalue weighted by molar-refractivity contribution is -0.122. The molecule has 0 heterocycles. The second-order valence-corrected chi connectivity index (χ2v) is 5.73. The number of amides is 1. The van der Waals surface area contributed by atoms with Crippen molar-refractivity contribution in [3.8, 4) is 5.75 Å². The molecule has 0 unspecified atom stereocenters. The van der Waals surface area contributed by atoms with Gasteiger partial charge in [0, 0.05) is 0 Å². The molecule has 0 aliphatic rings. The molecule has 0 saturated heterocycles. The van der Waals surface area contributed by atoms with Crippen molar-refractivity contribution in [2.75, 3.05) is 5.32 Å². The summed E-state index contributed by atoms with van der Waals surface area (Å²) in [5, 5.41) is 3.53. The minimum absolute atomic E-state index is 0.279. The SMILES string of the molecule is CC[C@@H](Oc1cccc(C)c1)C(=O)Nc1c(Cl)cccc1Cl. The third-order valence-corrected chi connectivity index (χ3v) is 3.77. The summed E-state index contributed by atoms with van der Waals surface area (Å²) in [4.78, 5) is 12.4. The predicted octanol–water partition coefficient (Wildman–Crippen LogP) is 5.10. The highest BCUT2D eigenvalue weighted by Gasteiger charge is 2.20. The normalized spacial score (nSPS) is 11.8. The quantitative estimate of drug-likeness (QED) is 0.824. The maximum absolute atomic E-state index is 12.4. The standard InChI is InChI=1S/C17H17Cl2NO2/c1-3-15(22-12-7-4-6-11(2)10-12)17(21)20-16-13(18)8-5-9-14(16)19/h4-10,15H,3H2,1-2H3,(H,20,21)/t15-/m1/s1. The molecule has 1 atom stereocenters. The molecular formula is C17H17Cl2NO2. The number of halogens is 2. The van der Waals surface area contributed by atoms with E-state index < -0.39 is 6.10 Å². The lowest BCUT2D eigenvalue weighted by Crippen LogP contribution is -2.32. The number of hydrogen-bond acceptors (Lipinski definition) is 2. The molecule has 0 aromatic heterocycles. The Bertz CT molecular complexity index is 653. The van der Waals surface area contributed by atoms with Crippen molar-refractivity contribution in [1.82, 2.24) is 0 Å². The van der Waals surface area contributed by atoms with Crippen molar-refractivity contribution in [2.24, 2.45) is 0 Å². The van der Waals surface area contributed by atoms with Crippen molar-refractivity contribution in [3.05, 3.63) is 58.1 Å². The molecule has 0 aliphatic carbocycles. The summed E-state index contributed by atoms with van der Waals surface area (Å²) < 4.78 is 5.76. The topological polar surface area (TPSA) is 38.3 Å². The number of carbonyl (C=O) groups is 1. The van der Waals surface area contributed by atoms with Gasteiger partial charge >= 0.3 is 0 Å². The first-order chi connectivity index (χ1) is 10.5. The molecule has 2 rings (SSSR count). The van der Waals surface area contributed by atoms with Gasteiger partial charge in [-0.3, -0.25) is 4.79 Å². The Morgan fingerprint density at radius 2 is 1.82 bits per heavy atom. The van der Waals surface area contributed by atoms with Crippen LogP contribution in [-0.4, -0.2) is 12.0 Å². The van der Waals surface area contributed by atoms with Crippen LogP contribution in [0.5, 0.6) is 5.75 Å². The van der Waals surface area contributed by atoms with Gasteiger partial charge in [0.1, 0.15) is 5.75 Å². The maximum atomic E-state index is 12.4. The number of rotatable bonds is 5. The van der Waals surface area contributed by atoms with Gasteiger partial charge in [0.15, 0.2) is 6.10 Å². The summed E-state index contributed by atoms with van der Waals surface area (Å²) in [7, 11) is 0. The zero-order valence-corrected chi connectivity index (χ0v) is 13.9. The first kappa shape index (κ1) is 16.7. The smallest absolute Gasteiger partial charge is 0.265 e. The number of benzene rings is 2. The second-order valence-electron chi connectivity index (χ2n) is 4.92. The van der Waals surface area contributed by atoms with E-state index in [0.29, 0.717) is 27.9 Å². The van der Waals surface area contributed by atoms with Gasteiger partial charge in [-0.25, -0.2) is 0 Å². The van der Waals surface area contributed by atoms with Gasteiger partial charge < -0.3 is 10.1 Å². The average molecular weight is 338 g/mol. The molecule has 2 aromatic rings. The van der Waals surface area contributed by atoms with Crippen LogP contribution in [0.2, 0.25) is 10.0 Å². The lowest BCUT2D eigenvalue weighted by atomic mass is 10.2. The first-order valence-electron chi connectivity index (χ1n) is 6.99. The minimum Gasteiger partial charge on any atom is -0.481 e. The van der Waals surface area contributed by atoms with Crippen LogP contribution < -0.4 is 10.1 Å². The van der Waals surface area contributed by atoms with E-state index in [2.05, 4.69) is 5.32 Å². The summed E-state index contributed by atoms with van der Waals surface area (Å²) in [6, 6.07) is 12.6. The maximum Gasteiger partial charge on any atom is 0.265 e. The molecule has 0 saturated carbocycles. The summed E-state index contributed by atoms with van der Waals surface area (Å²) in [5.41, 5.74) is 1.48. The number of para-hydroxylation sites is 1. The fourth-order valence-corrected chi connectivity index (χ4v) is 2.49. The molecule has 22 heavy (non-hydrogen) atoms. The average Bonchev–Trinajstić information content (AvgIpc) is 2.48. The molecule has 116 valence electrons. The van der Waals surface area contributed by atoms with E-state index in [1.165, 1.54) is 0 Å². The van der Waals surface area contributed by atoms with Crippen molar-refractivity contribution >= 4 is 34.8 Å². The van der Waals surface area contributed by atoms with Gasteiger partial charge in [-0.05, 0) is 43.2 Å². The highest BCUT2D eigenvalue weighted by Crippen LogP contribution is 2.30. The van der Waals surface area contributed by atoms with Gasteiger partial charge in [-0.2, -0.15) is 0 Å². The van der Waals surface area contributed by atoms with E-state index in [0.717, 1.165) is 5.56 Å².